The monoisotopic (exact) mass is 405 g/mol. The Hall–Kier alpha value is -3.30. The number of likely N-dealkylation sites (N-methyl/N-ethyl adjacent to an activating group) is 1. The van der Waals surface area contributed by atoms with Gasteiger partial charge in [0, 0.05) is 13.1 Å². The van der Waals surface area contributed by atoms with Gasteiger partial charge in [-0.1, -0.05) is 29.4 Å². The van der Waals surface area contributed by atoms with Crippen molar-refractivity contribution in [3.8, 4) is 0 Å². The molecule has 0 atom stereocenters. The predicted octanol–water partition coefficient (Wildman–Crippen LogP) is 2.04. The Bertz CT molecular complexity index is 967. The number of hydrogen-bond acceptors (Lipinski definition) is 5. The standard InChI is InChI=1S/C19H21F2N5O3/c1-11-5-3-4-6-12(11)19(7-8-19)18(22)25-29-17(28)13-9-14(16(20)21)26(24-13)10-15(27)23-2/h3-6,9,16H,7-8,10H2,1-2H3,(H2,22,25)(H,23,27). The summed E-state index contributed by atoms with van der Waals surface area (Å²) in [4.78, 5) is 28.6. The summed E-state index contributed by atoms with van der Waals surface area (Å²) in [5, 5.41) is 9.78. The minimum atomic E-state index is -2.92. The average Bonchev–Trinajstić information content (AvgIpc) is 3.39. The minimum Gasteiger partial charge on any atom is -0.384 e. The van der Waals surface area contributed by atoms with Crippen LogP contribution in [0.1, 0.15) is 46.6 Å². The molecule has 3 N–H and O–H groups in total. The molecule has 154 valence electrons. The lowest BCUT2D eigenvalue weighted by molar-refractivity contribution is -0.121. The van der Waals surface area contributed by atoms with Crippen molar-refractivity contribution in [1.29, 1.82) is 0 Å². The number of nitrogens with one attached hydrogen (secondary N) is 1. The molecule has 0 bridgehead atoms. The Labute approximate surface area is 165 Å². The molecule has 0 aliphatic heterocycles. The number of alkyl halides is 2. The van der Waals surface area contributed by atoms with Crippen LogP contribution in [0.25, 0.3) is 0 Å². The molecule has 1 saturated carbocycles. The van der Waals surface area contributed by atoms with Gasteiger partial charge in [0.25, 0.3) is 6.43 Å². The van der Waals surface area contributed by atoms with Gasteiger partial charge < -0.3 is 15.9 Å². The van der Waals surface area contributed by atoms with Crippen LogP contribution in [0, 0.1) is 6.92 Å². The number of amides is 1. The van der Waals surface area contributed by atoms with Crippen molar-refractivity contribution in [1.82, 2.24) is 15.1 Å². The number of amidine groups is 1. The van der Waals surface area contributed by atoms with E-state index in [2.05, 4.69) is 15.6 Å². The van der Waals surface area contributed by atoms with Crippen molar-refractivity contribution in [3.63, 3.8) is 0 Å². The van der Waals surface area contributed by atoms with E-state index in [-0.39, 0.29) is 11.5 Å². The first-order valence-electron chi connectivity index (χ1n) is 8.96. The van der Waals surface area contributed by atoms with E-state index >= 15 is 0 Å². The highest BCUT2D eigenvalue weighted by atomic mass is 19.3. The molecule has 1 amide bonds. The van der Waals surface area contributed by atoms with Gasteiger partial charge in [-0.25, -0.2) is 13.6 Å². The van der Waals surface area contributed by atoms with Gasteiger partial charge in [0.15, 0.2) is 11.5 Å². The first kappa shape index (κ1) is 20.4. The predicted molar refractivity (Wildman–Crippen MR) is 100 cm³/mol. The zero-order valence-corrected chi connectivity index (χ0v) is 16.0. The summed E-state index contributed by atoms with van der Waals surface area (Å²) in [6, 6.07) is 8.59. The van der Waals surface area contributed by atoms with Gasteiger partial charge >= 0.3 is 5.97 Å². The lowest BCUT2D eigenvalue weighted by atomic mass is 9.91. The largest absolute Gasteiger partial charge is 0.385 e. The highest BCUT2D eigenvalue weighted by Crippen LogP contribution is 2.49. The maximum atomic E-state index is 13.2. The maximum absolute atomic E-state index is 13.2. The zero-order chi connectivity index (χ0) is 21.2. The van der Waals surface area contributed by atoms with Crippen LogP contribution < -0.4 is 11.1 Å². The van der Waals surface area contributed by atoms with Gasteiger partial charge in [0.05, 0.1) is 5.41 Å². The number of aryl methyl sites for hydroxylation is 1. The topological polar surface area (TPSA) is 112 Å². The van der Waals surface area contributed by atoms with Crippen molar-refractivity contribution in [3.05, 3.63) is 52.8 Å². The number of oxime groups is 1. The summed E-state index contributed by atoms with van der Waals surface area (Å²) in [5.41, 5.74) is 6.69. The summed E-state index contributed by atoms with van der Waals surface area (Å²) in [5.74, 6) is -1.43. The van der Waals surface area contributed by atoms with Crippen LogP contribution in [0.2, 0.25) is 0 Å². The molecule has 1 aromatic heterocycles. The fourth-order valence-electron chi connectivity index (χ4n) is 3.17. The Morgan fingerprint density at radius 1 is 1.38 bits per heavy atom. The fourth-order valence-corrected chi connectivity index (χ4v) is 3.17. The molecule has 3 rings (SSSR count). The van der Waals surface area contributed by atoms with Crippen LogP contribution in [0.15, 0.2) is 35.5 Å². The molecule has 1 heterocycles. The smallest absolute Gasteiger partial charge is 0.384 e. The number of nitrogens with two attached hydrogens (primary N) is 1. The van der Waals surface area contributed by atoms with Crippen LogP contribution in [0.4, 0.5) is 8.78 Å². The van der Waals surface area contributed by atoms with Crippen molar-refractivity contribution < 1.29 is 23.2 Å². The second kappa shape index (κ2) is 7.98. The van der Waals surface area contributed by atoms with E-state index in [0.717, 1.165) is 34.7 Å². The third-order valence-electron chi connectivity index (χ3n) is 4.94. The van der Waals surface area contributed by atoms with E-state index in [4.69, 9.17) is 10.6 Å². The summed E-state index contributed by atoms with van der Waals surface area (Å²) < 4.78 is 27.1. The summed E-state index contributed by atoms with van der Waals surface area (Å²) in [6.45, 7) is 1.50. The van der Waals surface area contributed by atoms with E-state index in [9.17, 15) is 18.4 Å². The highest BCUT2D eigenvalue weighted by molar-refractivity contribution is 5.95. The van der Waals surface area contributed by atoms with E-state index in [1.165, 1.54) is 7.05 Å². The van der Waals surface area contributed by atoms with Gasteiger partial charge in [-0.15, -0.1) is 0 Å². The van der Waals surface area contributed by atoms with Crippen LogP contribution >= 0.6 is 0 Å². The Morgan fingerprint density at radius 2 is 2.07 bits per heavy atom. The molecule has 1 aliphatic rings. The first-order valence-corrected chi connectivity index (χ1v) is 8.96. The van der Waals surface area contributed by atoms with Gasteiger partial charge in [-0.3, -0.25) is 9.48 Å². The van der Waals surface area contributed by atoms with Crippen LogP contribution in [0.5, 0.6) is 0 Å². The number of halogens is 2. The lowest BCUT2D eigenvalue weighted by Crippen LogP contribution is -2.30. The van der Waals surface area contributed by atoms with Crippen LogP contribution in [-0.2, 0) is 21.6 Å². The summed E-state index contributed by atoms with van der Waals surface area (Å²) in [6.07, 6.45) is -1.39. The lowest BCUT2D eigenvalue weighted by Gasteiger charge is -2.16. The zero-order valence-electron chi connectivity index (χ0n) is 16.0. The van der Waals surface area contributed by atoms with E-state index in [0.29, 0.717) is 0 Å². The van der Waals surface area contributed by atoms with Crippen LogP contribution in [-0.4, -0.2) is 34.5 Å². The average molecular weight is 405 g/mol. The van der Waals surface area contributed by atoms with E-state index in [1.807, 2.05) is 31.2 Å². The SMILES string of the molecule is CNC(=O)Cn1nc(C(=O)O/N=C(\N)C2(c3ccccc3C)CC2)cc1C(F)F. The van der Waals surface area contributed by atoms with Crippen molar-refractivity contribution in [2.45, 2.75) is 38.2 Å². The molecule has 0 spiro atoms. The molecular weight excluding hydrogens is 384 g/mol. The maximum Gasteiger partial charge on any atom is 0.385 e. The van der Waals surface area contributed by atoms with Gasteiger partial charge in [0.1, 0.15) is 12.2 Å². The first-order chi connectivity index (χ1) is 13.8. The summed E-state index contributed by atoms with van der Waals surface area (Å²) >= 11 is 0. The molecular formula is C19H21F2N5O3. The number of benzene rings is 1. The second-order valence-corrected chi connectivity index (χ2v) is 6.84. The van der Waals surface area contributed by atoms with Gasteiger partial charge in [-0.05, 0) is 30.9 Å². The summed E-state index contributed by atoms with van der Waals surface area (Å²) in [7, 11) is 1.36. The molecule has 1 aliphatic carbocycles. The molecule has 0 unspecified atom stereocenters. The number of aromatic nitrogens is 2. The van der Waals surface area contributed by atoms with Gasteiger partial charge in [-0.2, -0.15) is 5.10 Å². The third kappa shape index (κ3) is 4.10. The molecule has 1 fully saturated rings. The Kier molecular flexibility index (Phi) is 5.62. The molecule has 8 nitrogen and oxygen atoms in total. The van der Waals surface area contributed by atoms with Crippen molar-refractivity contribution in [2.24, 2.45) is 10.9 Å². The molecule has 0 saturated heterocycles. The molecule has 29 heavy (non-hydrogen) atoms. The molecule has 0 radical (unpaired) electrons. The molecule has 10 heteroatoms. The fraction of sp³-hybridized carbons (Fsp3) is 0.368. The van der Waals surface area contributed by atoms with Gasteiger partial charge in [0.2, 0.25) is 5.91 Å². The van der Waals surface area contributed by atoms with Crippen molar-refractivity contribution in [2.75, 3.05) is 7.05 Å². The van der Waals surface area contributed by atoms with E-state index < -0.39 is 36.0 Å². The Balaban J connectivity index is 1.77. The molecule has 1 aromatic carbocycles. The number of carbonyl (C=O) groups excluding carboxylic acids is 2. The number of rotatable bonds is 7. The highest BCUT2D eigenvalue weighted by Gasteiger charge is 2.49. The second-order valence-electron chi connectivity index (χ2n) is 6.84. The third-order valence-corrected chi connectivity index (χ3v) is 4.94. The number of carbonyl (C=O) groups is 2. The van der Waals surface area contributed by atoms with Crippen LogP contribution in [0.3, 0.4) is 0 Å². The number of hydrogen-bond donors (Lipinski definition) is 2. The number of nitrogens with zero attached hydrogens (tertiary/aromatic N) is 3. The van der Waals surface area contributed by atoms with E-state index in [1.54, 1.807) is 0 Å². The minimum absolute atomic E-state index is 0.138. The Morgan fingerprint density at radius 3 is 2.66 bits per heavy atom. The normalized spacial score (nSPS) is 15.3. The quantitative estimate of drug-likeness (QED) is 0.317. The van der Waals surface area contributed by atoms with Crippen molar-refractivity contribution >= 4 is 17.7 Å². The molecule has 2 aromatic rings.